The Labute approximate surface area is 538 Å². The molecule has 86 heavy (non-hydrogen) atoms. The summed E-state index contributed by atoms with van der Waals surface area (Å²) >= 11 is 0. The van der Waals surface area contributed by atoms with Crippen LogP contribution >= 0.6 is 0 Å². The van der Waals surface area contributed by atoms with Crippen LogP contribution in [0.4, 0.5) is 0 Å². The maximum atomic E-state index is 12.5. The summed E-state index contributed by atoms with van der Waals surface area (Å²) in [6.07, 6.45) is 98.1. The van der Waals surface area contributed by atoms with Crippen LogP contribution in [0.3, 0.4) is 0 Å². The number of carbonyl (C=O) groups is 2. The highest BCUT2D eigenvalue weighted by Crippen LogP contribution is 2.19. The highest BCUT2D eigenvalue weighted by atomic mass is 16.5. The minimum Gasteiger partial charge on any atom is -0.466 e. The molecule has 0 heterocycles. The van der Waals surface area contributed by atoms with Crippen molar-refractivity contribution in [2.45, 2.75) is 450 Å². The predicted molar refractivity (Wildman–Crippen MR) is 379 cm³/mol. The molecule has 1 amide bonds. The first kappa shape index (κ1) is 84.1. The third-order valence-electron chi connectivity index (χ3n) is 18.4. The van der Waals surface area contributed by atoms with E-state index >= 15 is 0 Å². The van der Waals surface area contributed by atoms with Gasteiger partial charge in [0.15, 0.2) is 0 Å². The van der Waals surface area contributed by atoms with E-state index in [2.05, 4.69) is 55.6 Å². The summed E-state index contributed by atoms with van der Waals surface area (Å²) in [4.78, 5) is 24.6. The van der Waals surface area contributed by atoms with Gasteiger partial charge in [-0.2, -0.15) is 0 Å². The molecule has 0 aliphatic carbocycles. The van der Waals surface area contributed by atoms with Crippen molar-refractivity contribution in [1.29, 1.82) is 0 Å². The number of esters is 1. The van der Waals surface area contributed by atoms with Crippen molar-refractivity contribution < 1.29 is 24.5 Å². The molecule has 3 N–H and O–H groups in total. The highest BCUT2D eigenvalue weighted by Gasteiger charge is 2.20. The maximum absolute atomic E-state index is 12.5. The largest absolute Gasteiger partial charge is 0.466 e. The van der Waals surface area contributed by atoms with Crippen molar-refractivity contribution in [2.75, 3.05) is 13.2 Å². The van der Waals surface area contributed by atoms with E-state index in [-0.39, 0.29) is 18.5 Å². The molecule has 0 aliphatic rings. The fourth-order valence-corrected chi connectivity index (χ4v) is 12.4. The number of hydrogen-bond donors (Lipinski definition) is 3. The Kier molecular flexibility index (Phi) is 73.9. The van der Waals surface area contributed by atoms with Crippen molar-refractivity contribution >= 4 is 11.9 Å². The molecule has 0 aromatic heterocycles. The van der Waals surface area contributed by atoms with Gasteiger partial charge in [0.1, 0.15) is 0 Å². The van der Waals surface area contributed by atoms with Crippen molar-refractivity contribution in [3.05, 3.63) is 36.5 Å². The first-order valence-electron chi connectivity index (χ1n) is 39.2. The molecule has 0 saturated carbocycles. The van der Waals surface area contributed by atoms with Crippen molar-refractivity contribution in [1.82, 2.24) is 5.32 Å². The van der Waals surface area contributed by atoms with E-state index in [1.165, 1.54) is 353 Å². The third-order valence-corrected chi connectivity index (χ3v) is 18.4. The zero-order valence-electron chi connectivity index (χ0n) is 58.3. The molecule has 0 fully saturated rings. The van der Waals surface area contributed by atoms with Gasteiger partial charge in [-0.1, -0.05) is 378 Å². The molecule has 0 aromatic rings. The minimum atomic E-state index is -0.663. The number of unbranched alkanes of at least 4 members (excludes halogenated alkanes) is 57. The van der Waals surface area contributed by atoms with Gasteiger partial charge >= 0.3 is 5.97 Å². The van der Waals surface area contributed by atoms with Gasteiger partial charge in [0.25, 0.3) is 0 Å². The van der Waals surface area contributed by atoms with Gasteiger partial charge in [0.05, 0.1) is 25.4 Å². The number of carbonyl (C=O) groups excluding carboxylic acids is 2. The normalized spacial score (nSPS) is 12.7. The Bertz CT molecular complexity index is 1390. The fourth-order valence-electron chi connectivity index (χ4n) is 12.4. The lowest BCUT2D eigenvalue weighted by Crippen LogP contribution is -2.45. The Morgan fingerprint density at radius 1 is 0.326 bits per heavy atom. The zero-order chi connectivity index (χ0) is 62.0. The topological polar surface area (TPSA) is 95.9 Å². The highest BCUT2D eigenvalue weighted by molar-refractivity contribution is 5.76. The molecule has 0 aliphatic heterocycles. The number of amides is 1. The molecule has 2 unspecified atom stereocenters. The number of allylic oxidation sites excluding steroid dienone is 6. The molecule has 0 radical (unpaired) electrons. The first-order chi connectivity index (χ1) is 42.5. The second-order valence-corrected chi connectivity index (χ2v) is 27.0. The lowest BCUT2D eigenvalue weighted by Gasteiger charge is -2.22. The molecule has 2 atom stereocenters. The summed E-state index contributed by atoms with van der Waals surface area (Å²) in [5.41, 5.74) is 0. The quantitative estimate of drug-likeness (QED) is 0.0320. The van der Waals surface area contributed by atoms with Crippen molar-refractivity contribution in [2.24, 2.45) is 0 Å². The summed E-state index contributed by atoms with van der Waals surface area (Å²) in [7, 11) is 0. The molecule has 0 aromatic carbocycles. The number of ether oxygens (including phenoxy) is 1. The number of rotatable bonds is 74. The van der Waals surface area contributed by atoms with Crippen LogP contribution in [0.15, 0.2) is 36.5 Å². The van der Waals surface area contributed by atoms with Crippen molar-refractivity contribution in [3.8, 4) is 0 Å². The molecule has 0 spiro atoms. The minimum absolute atomic E-state index is 0.0114. The van der Waals surface area contributed by atoms with E-state index in [0.29, 0.717) is 25.9 Å². The Morgan fingerprint density at radius 3 is 0.895 bits per heavy atom. The molecule has 6 heteroatoms. The third kappa shape index (κ3) is 71.2. The van der Waals surface area contributed by atoms with Gasteiger partial charge in [0.2, 0.25) is 5.91 Å². The van der Waals surface area contributed by atoms with Crippen LogP contribution in [-0.2, 0) is 14.3 Å². The van der Waals surface area contributed by atoms with E-state index in [1.807, 2.05) is 0 Å². The van der Waals surface area contributed by atoms with Crippen LogP contribution in [0.5, 0.6) is 0 Å². The standard InChI is InChI=1S/C80H153NO5/c1-3-5-7-9-11-13-15-17-19-41-45-48-52-56-60-64-68-72-78(83)77(76-82)81-79(84)73-69-65-61-57-53-49-46-42-39-37-35-33-31-29-27-25-23-21-20-22-24-26-28-30-32-34-36-38-40-43-47-51-55-59-63-67-71-75-86-80(85)74-70-66-62-58-54-50-44-18-16-14-12-10-8-6-4-2/h18,20,22,26,28,44,77-78,82-83H,3-17,19,21,23-25,27,29-43,45-76H2,1-2H3,(H,81,84)/b22-20-,28-26-,44-18-. The van der Waals surface area contributed by atoms with Crippen LogP contribution < -0.4 is 5.32 Å². The molecular formula is C80H153NO5. The molecular weight excluding hydrogens is 1050 g/mol. The van der Waals surface area contributed by atoms with Gasteiger partial charge in [-0.25, -0.2) is 0 Å². The number of aliphatic hydroxyl groups excluding tert-OH is 2. The monoisotopic (exact) mass is 1210 g/mol. The van der Waals surface area contributed by atoms with Crippen molar-refractivity contribution in [3.63, 3.8) is 0 Å². The average molecular weight is 1210 g/mol. The van der Waals surface area contributed by atoms with Gasteiger partial charge in [-0.3, -0.25) is 9.59 Å². The summed E-state index contributed by atoms with van der Waals surface area (Å²) < 4.78 is 5.49. The second kappa shape index (κ2) is 75.5. The van der Waals surface area contributed by atoms with Gasteiger partial charge in [-0.15, -0.1) is 0 Å². The maximum Gasteiger partial charge on any atom is 0.305 e. The first-order valence-corrected chi connectivity index (χ1v) is 39.2. The van der Waals surface area contributed by atoms with Crippen LogP contribution in [0.2, 0.25) is 0 Å². The van der Waals surface area contributed by atoms with E-state index in [0.717, 1.165) is 51.4 Å². The zero-order valence-corrected chi connectivity index (χ0v) is 58.3. The van der Waals surface area contributed by atoms with E-state index in [4.69, 9.17) is 4.74 Å². The van der Waals surface area contributed by atoms with Crippen LogP contribution in [0.1, 0.15) is 438 Å². The number of aliphatic hydroxyl groups is 2. The van der Waals surface area contributed by atoms with Gasteiger partial charge < -0.3 is 20.3 Å². The fraction of sp³-hybridized carbons (Fsp3) is 0.900. The number of nitrogens with one attached hydrogen (secondary N) is 1. The molecule has 508 valence electrons. The van der Waals surface area contributed by atoms with Crippen LogP contribution in [-0.4, -0.2) is 47.4 Å². The SMILES string of the molecule is CCCCCCCC/C=C\CCCCCCCC(=O)OCCCCCCCCCCCCCCC/C=C\C/C=C\CCCCCCCCCCCCCCCCCCCC(=O)NC(CO)C(O)CCCCCCCCCCCCCCCCCCC. The summed E-state index contributed by atoms with van der Waals surface area (Å²) in [6, 6.07) is -0.540. The average Bonchev–Trinajstić information content (AvgIpc) is 3.59. The Morgan fingerprint density at radius 2 is 0.581 bits per heavy atom. The van der Waals surface area contributed by atoms with Gasteiger partial charge in [-0.05, 0) is 83.5 Å². The van der Waals surface area contributed by atoms with Crippen LogP contribution in [0.25, 0.3) is 0 Å². The van der Waals surface area contributed by atoms with E-state index < -0.39 is 12.1 Å². The lowest BCUT2D eigenvalue weighted by molar-refractivity contribution is -0.143. The Hall–Kier alpha value is -1.92. The van der Waals surface area contributed by atoms with Crippen LogP contribution in [0, 0.1) is 0 Å². The molecule has 0 bridgehead atoms. The molecule has 0 rings (SSSR count). The molecule has 6 nitrogen and oxygen atoms in total. The Balaban J connectivity index is 3.36. The summed E-state index contributed by atoms with van der Waals surface area (Å²) in [6.45, 7) is 4.99. The smallest absolute Gasteiger partial charge is 0.305 e. The summed E-state index contributed by atoms with van der Waals surface area (Å²) in [5.74, 6) is -0.0170. The molecule has 0 saturated heterocycles. The predicted octanol–water partition coefficient (Wildman–Crippen LogP) is 25.8. The van der Waals surface area contributed by atoms with E-state index in [9.17, 15) is 19.8 Å². The van der Waals surface area contributed by atoms with E-state index in [1.54, 1.807) is 0 Å². The number of hydrogen-bond acceptors (Lipinski definition) is 5. The lowest BCUT2D eigenvalue weighted by atomic mass is 10.0. The van der Waals surface area contributed by atoms with Gasteiger partial charge in [0, 0.05) is 12.8 Å². The summed E-state index contributed by atoms with van der Waals surface area (Å²) in [5, 5.41) is 23.4. The second-order valence-electron chi connectivity index (χ2n) is 27.0.